The molecule has 7 heteroatoms. The second kappa shape index (κ2) is 4.82. The second-order valence-corrected chi connectivity index (χ2v) is 7.80. The van der Waals surface area contributed by atoms with Crippen LogP contribution in [0.1, 0.15) is 27.7 Å². The van der Waals surface area contributed by atoms with Crippen molar-refractivity contribution in [2.45, 2.75) is 43.8 Å². The van der Waals surface area contributed by atoms with E-state index >= 15 is 0 Å². The fourth-order valence-corrected chi connectivity index (χ4v) is 2.62. The fraction of sp³-hybridized carbons (Fsp3) is 0.538. The number of hydrogen-bond donors (Lipinski definition) is 0. The van der Waals surface area contributed by atoms with Gasteiger partial charge in [0.05, 0.1) is 16.1 Å². The third-order valence-electron chi connectivity index (χ3n) is 3.89. The van der Waals surface area contributed by atoms with Crippen molar-refractivity contribution < 1.29 is 22.1 Å². The average Bonchev–Trinajstić information content (AvgIpc) is 2.59. The largest absolute Gasteiger partial charge is 0.494 e. The Balaban J connectivity index is 2.35. The number of alkyl halides is 1. The van der Waals surface area contributed by atoms with E-state index in [4.69, 9.17) is 9.31 Å². The molecule has 0 N–H and O–H groups in total. The van der Waals surface area contributed by atoms with E-state index in [1.807, 2.05) is 27.7 Å². The number of hydrogen-bond acceptors (Lipinski definition) is 4. The predicted octanol–water partition coefficient (Wildman–Crippen LogP) is 1.69. The number of halogens is 1. The summed E-state index contributed by atoms with van der Waals surface area (Å²) >= 11 is 0. The molecule has 1 aliphatic rings. The molecule has 0 amide bonds. The van der Waals surface area contributed by atoms with Crippen molar-refractivity contribution in [2.24, 2.45) is 0 Å². The molecule has 0 spiro atoms. The minimum Gasteiger partial charge on any atom is -0.399 e. The van der Waals surface area contributed by atoms with Crippen LogP contribution in [0, 0.1) is 0 Å². The molecule has 0 atom stereocenters. The summed E-state index contributed by atoms with van der Waals surface area (Å²) in [6.07, 6.45) is 0. The van der Waals surface area contributed by atoms with Crippen LogP contribution >= 0.6 is 0 Å². The van der Waals surface area contributed by atoms with Gasteiger partial charge in [-0.2, -0.15) is 0 Å². The van der Waals surface area contributed by atoms with Crippen molar-refractivity contribution in [3.05, 3.63) is 24.3 Å². The van der Waals surface area contributed by atoms with Crippen LogP contribution in [-0.2, 0) is 19.1 Å². The van der Waals surface area contributed by atoms with E-state index < -0.39 is 34.2 Å². The van der Waals surface area contributed by atoms with Crippen molar-refractivity contribution in [1.82, 2.24) is 0 Å². The number of sulfone groups is 1. The van der Waals surface area contributed by atoms with Crippen molar-refractivity contribution in [3.8, 4) is 0 Å². The van der Waals surface area contributed by atoms with Gasteiger partial charge in [-0.1, -0.05) is 12.1 Å². The third kappa shape index (κ3) is 2.62. The van der Waals surface area contributed by atoms with Gasteiger partial charge < -0.3 is 9.31 Å². The maximum absolute atomic E-state index is 12.6. The summed E-state index contributed by atoms with van der Waals surface area (Å²) in [6, 6.07) is 4.61. The molecule has 1 aromatic rings. The lowest BCUT2D eigenvalue weighted by Crippen LogP contribution is -2.41. The smallest absolute Gasteiger partial charge is 0.399 e. The molecule has 1 heterocycles. The molecule has 1 aliphatic heterocycles. The van der Waals surface area contributed by atoms with E-state index in [2.05, 4.69) is 0 Å². The van der Waals surface area contributed by atoms with E-state index in [1.165, 1.54) is 12.1 Å². The summed E-state index contributed by atoms with van der Waals surface area (Å²) in [5, 5.41) is 0. The highest BCUT2D eigenvalue weighted by molar-refractivity contribution is 7.91. The SMILES string of the molecule is CC1(C)OB(c2cccc(S(=O)(=O)CF)c2)OC1(C)C. The standard InChI is InChI=1S/C13H18BFO4S/c1-12(2)13(3,4)19-14(18-12)10-6-5-7-11(8-10)20(16,17)9-15/h5-8H,9H2,1-4H3. The Morgan fingerprint density at radius 3 is 2.20 bits per heavy atom. The van der Waals surface area contributed by atoms with Crippen LogP contribution in [0.15, 0.2) is 29.2 Å². The first-order valence-electron chi connectivity index (χ1n) is 6.33. The van der Waals surface area contributed by atoms with Gasteiger partial charge in [-0.25, -0.2) is 12.8 Å². The van der Waals surface area contributed by atoms with Gasteiger partial charge in [0, 0.05) is 0 Å². The Kier molecular flexibility index (Phi) is 3.73. The van der Waals surface area contributed by atoms with Crippen molar-refractivity contribution in [2.75, 3.05) is 6.01 Å². The predicted molar refractivity (Wildman–Crippen MR) is 75.3 cm³/mol. The van der Waals surface area contributed by atoms with Gasteiger partial charge in [-0.05, 0) is 45.3 Å². The first-order chi connectivity index (χ1) is 9.09. The van der Waals surface area contributed by atoms with E-state index in [9.17, 15) is 12.8 Å². The van der Waals surface area contributed by atoms with E-state index in [-0.39, 0.29) is 4.90 Å². The first kappa shape index (κ1) is 15.5. The Bertz CT molecular complexity index is 597. The molecular weight excluding hydrogens is 282 g/mol. The topological polar surface area (TPSA) is 52.6 Å². The zero-order valence-corrected chi connectivity index (χ0v) is 12.8. The highest BCUT2D eigenvalue weighted by Crippen LogP contribution is 2.36. The Morgan fingerprint density at radius 1 is 1.15 bits per heavy atom. The van der Waals surface area contributed by atoms with Crippen LogP contribution in [0.4, 0.5) is 4.39 Å². The van der Waals surface area contributed by atoms with E-state index in [0.717, 1.165) is 0 Å². The van der Waals surface area contributed by atoms with Crippen LogP contribution < -0.4 is 5.46 Å². The summed E-state index contributed by atoms with van der Waals surface area (Å²) < 4.78 is 47.4. The molecule has 0 aliphatic carbocycles. The second-order valence-electron chi connectivity index (χ2n) is 5.88. The van der Waals surface area contributed by atoms with Gasteiger partial charge in [-0.15, -0.1) is 0 Å². The highest BCUT2D eigenvalue weighted by atomic mass is 32.2. The minimum atomic E-state index is -3.89. The molecule has 0 saturated carbocycles. The maximum atomic E-state index is 12.6. The molecular formula is C13H18BFO4S. The van der Waals surface area contributed by atoms with Crippen LogP contribution in [0.5, 0.6) is 0 Å². The van der Waals surface area contributed by atoms with E-state index in [1.54, 1.807) is 12.1 Å². The van der Waals surface area contributed by atoms with Crippen molar-refractivity contribution in [3.63, 3.8) is 0 Å². The minimum absolute atomic E-state index is 0.0628. The van der Waals surface area contributed by atoms with Crippen LogP contribution in [0.2, 0.25) is 0 Å². The van der Waals surface area contributed by atoms with Crippen LogP contribution in [0.3, 0.4) is 0 Å². The molecule has 2 rings (SSSR count). The molecule has 0 unspecified atom stereocenters. The first-order valence-corrected chi connectivity index (χ1v) is 7.99. The third-order valence-corrected chi connectivity index (χ3v) is 5.15. The average molecular weight is 300 g/mol. The highest BCUT2D eigenvalue weighted by Gasteiger charge is 2.51. The van der Waals surface area contributed by atoms with Crippen LogP contribution in [-0.4, -0.2) is 32.7 Å². The molecule has 0 aromatic heterocycles. The van der Waals surface area contributed by atoms with Gasteiger partial charge in [0.1, 0.15) is 0 Å². The summed E-state index contributed by atoms with van der Waals surface area (Å²) in [4.78, 5) is -0.0628. The summed E-state index contributed by atoms with van der Waals surface area (Å²) in [7, 11) is -4.54. The quantitative estimate of drug-likeness (QED) is 0.797. The zero-order chi connectivity index (χ0) is 15.2. The molecule has 1 aromatic carbocycles. The van der Waals surface area contributed by atoms with Crippen molar-refractivity contribution >= 4 is 22.4 Å². The molecule has 1 saturated heterocycles. The van der Waals surface area contributed by atoms with Gasteiger partial charge in [0.25, 0.3) is 0 Å². The maximum Gasteiger partial charge on any atom is 0.494 e. The Morgan fingerprint density at radius 2 is 1.70 bits per heavy atom. The van der Waals surface area contributed by atoms with Crippen molar-refractivity contribution in [1.29, 1.82) is 0 Å². The number of rotatable bonds is 3. The normalized spacial score (nSPS) is 21.1. The molecule has 4 nitrogen and oxygen atoms in total. The summed E-state index contributed by atoms with van der Waals surface area (Å²) in [6.45, 7) is 7.65. The number of benzene rings is 1. The van der Waals surface area contributed by atoms with Gasteiger partial charge >= 0.3 is 7.12 Å². The van der Waals surface area contributed by atoms with Gasteiger partial charge in [0.2, 0.25) is 9.84 Å². The Hall–Kier alpha value is -0.915. The molecule has 1 fully saturated rings. The molecule has 110 valence electrons. The summed E-state index contributed by atoms with van der Waals surface area (Å²) in [5.41, 5.74) is -0.447. The fourth-order valence-electron chi connectivity index (χ4n) is 1.90. The molecule has 20 heavy (non-hydrogen) atoms. The van der Waals surface area contributed by atoms with Gasteiger partial charge in [-0.3, -0.25) is 0 Å². The van der Waals surface area contributed by atoms with Crippen LogP contribution in [0.25, 0.3) is 0 Å². The zero-order valence-electron chi connectivity index (χ0n) is 12.0. The lowest BCUT2D eigenvalue weighted by Gasteiger charge is -2.32. The van der Waals surface area contributed by atoms with E-state index in [0.29, 0.717) is 5.46 Å². The molecule has 0 bridgehead atoms. The van der Waals surface area contributed by atoms with Gasteiger partial charge in [0.15, 0.2) is 6.01 Å². The lowest BCUT2D eigenvalue weighted by atomic mass is 9.79. The monoisotopic (exact) mass is 300 g/mol. The molecule has 0 radical (unpaired) electrons. The Labute approximate surface area is 119 Å². The lowest BCUT2D eigenvalue weighted by molar-refractivity contribution is 0.00578. The summed E-state index contributed by atoms with van der Waals surface area (Å²) in [5.74, 6) is 0.